The molecule has 0 radical (unpaired) electrons. The number of carbonyl (C=O) groups excluding carboxylic acids is 1. The molecule has 0 spiro atoms. The molecule has 1 aliphatic heterocycles. The van der Waals surface area contributed by atoms with Crippen LogP contribution in [0.2, 0.25) is 0 Å². The summed E-state index contributed by atoms with van der Waals surface area (Å²) in [5.41, 5.74) is 1.28. The third-order valence-corrected chi connectivity index (χ3v) is 7.82. The van der Waals surface area contributed by atoms with E-state index in [1.54, 1.807) is 30.3 Å². The van der Waals surface area contributed by atoms with Crippen molar-refractivity contribution in [2.45, 2.75) is 30.6 Å². The largest absolute Gasteiger partial charge is 0.356 e. The van der Waals surface area contributed by atoms with E-state index in [4.69, 9.17) is 0 Å². The number of nitrogens with one attached hydrogen (secondary N) is 1. The zero-order valence-electron chi connectivity index (χ0n) is 17.5. The summed E-state index contributed by atoms with van der Waals surface area (Å²) in [5, 5.41) is 5.50. The average Bonchev–Trinajstić information content (AvgIpc) is 2.82. The number of aryl methyl sites for hydroxylation is 1. The fraction of sp³-hybridized carbons (Fsp3) is 0.320. The van der Waals surface area contributed by atoms with E-state index in [0.717, 1.165) is 19.3 Å². The number of amides is 1. The zero-order valence-corrected chi connectivity index (χ0v) is 18.4. The third kappa shape index (κ3) is 4.97. The Morgan fingerprint density at radius 3 is 2.55 bits per heavy atom. The van der Waals surface area contributed by atoms with Gasteiger partial charge >= 0.3 is 0 Å². The second-order valence-corrected chi connectivity index (χ2v) is 9.99. The number of rotatable bonds is 7. The maximum Gasteiger partial charge on any atom is 0.243 e. The van der Waals surface area contributed by atoms with Crippen LogP contribution >= 0.6 is 0 Å². The van der Waals surface area contributed by atoms with Gasteiger partial charge in [-0.1, -0.05) is 60.7 Å². The fourth-order valence-electron chi connectivity index (χ4n) is 4.26. The molecule has 0 saturated carbocycles. The first-order chi connectivity index (χ1) is 15.1. The first-order valence-electron chi connectivity index (χ1n) is 10.9. The third-order valence-electron chi connectivity index (χ3n) is 5.94. The second kappa shape index (κ2) is 9.62. The molecule has 3 aromatic carbocycles. The van der Waals surface area contributed by atoms with E-state index in [9.17, 15) is 13.2 Å². The highest BCUT2D eigenvalue weighted by Crippen LogP contribution is 2.24. The molecule has 0 aromatic heterocycles. The van der Waals surface area contributed by atoms with Crippen LogP contribution in [0.1, 0.15) is 24.8 Å². The van der Waals surface area contributed by atoms with Gasteiger partial charge in [0, 0.05) is 19.6 Å². The number of carbonyl (C=O) groups is 1. The minimum atomic E-state index is -3.56. The Bertz CT molecular complexity index is 1140. The van der Waals surface area contributed by atoms with E-state index < -0.39 is 10.0 Å². The molecule has 1 fully saturated rings. The smallest absolute Gasteiger partial charge is 0.243 e. The molecule has 1 saturated heterocycles. The van der Waals surface area contributed by atoms with Crippen molar-refractivity contribution in [3.63, 3.8) is 0 Å². The number of nitrogens with zero attached hydrogens (tertiary/aromatic N) is 1. The number of piperidine rings is 1. The van der Waals surface area contributed by atoms with E-state index in [2.05, 4.69) is 35.6 Å². The van der Waals surface area contributed by atoms with Crippen LogP contribution in [0.3, 0.4) is 0 Å². The Labute approximate surface area is 184 Å². The summed E-state index contributed by atoms with van der Waals surface area (Å²) < 4.78 is 27.2. The van der Waals surface area contributed by atoms with Crippen LogP contribution in [-0.2, 0) is 21.2 Å². The maximum absolute atomic E-state index is 12.9. The Hall–Kier alpha value is -2.70. The maximum atomic E-state index is 12.9. The van der Waals surface area contributed by atoms with Gasteiger partial charge in [-0.2, -0.15) is 4.31 Å². The summed E-state index contributed by atoms with van der Waals surface area (Å²) in [5.74, 6) is -0.351. The first-order valence-corrected chi connectivity index (χ1v) is 12.3. The molecule has 1 unspecified atom stereocenters. The van der Waals surface area contributed by atoms with Gasteiger partial charge in [0.2, 0.25) is 15.9 Å². The molecule has 1 aliphatic rings. The van der Waals surface area contributed by atoms with Crippen molar-refractivity contribution in [3.8, 4) is 0 Å². The predicted molar refractivity (Wildman–Crippen MR) is 123 cm³/mol. The number of fused-ring (bicyclic) bond motifs is 1. The summed E-state index contributed by atoms with van der Waals surface area (Å²) in [6, 6.07) is 23.1. The van der Waals surface area contributed by atoms with E-state index >= 15 is 0 Å². The Morgan fingerprint density at radius 2 is 1.71 bits per heavy atom. The van der Waals surface area contributed by atoms with Crippen molar-refractivity contribution in [1.82, 2.24) is 9.62 Å². The molecule has 1 atom stereocenters. The molecule has 162 valence electrons. The van der Waals surface area contributed by atoms with Gasteiger partial charge in [0.05, 0.1) is 10.8 Å². The second-order valence-electron chi connectivity index (χ2n) is 8.05. The van der Waals surface area contributed by atoms with E-state index in [-0.39, 0.29) is 23.3 Å². The number of hydrogen-bond donors (Lipinski definition) is 1. The van der Waals surface area contributed by atoms with Gasteiger partial charge in [-0.3, -0.25) is 4.79 Å². The summed E-state index contributed by atoms with van der Waals surface area (Å²) in [7, 11) is -3.56. The molecule has 1 amide bonds. The number of hydrogen-bond acceptors (Lipinski definition) is 3. The van der Waals surface area contributed by atoms with Gasteiger partial charge in [0.1, 0.15) is 0 Å². The van der Waals surface area contributed by atoms with Gasteiger partial charge < -0.3 is 5.32 Å². The monoisotopic (exact) mass is 436 g/mol. The quantitative estimate of drug-likeness (QED) is 0.570. The minimum Gasteiger partial charge on any atom is -0.356 e. The van der Waals surface area contributed by atoms with E-state index in [1.165, 1.54) is 20.6 Å². The average molecular weight is 437 g/mol. The lowest BCUT2D eigenvalue weighted by Gasteiger charge is -2.31. The van der Waals surface area contributed by atoms with Crippen LogP contribution in [0.25, 0.3) is 10.8 Å². The molecule has 31 heavy (non-hydrogen) atoms. The fourth-order valence-corrected chi connectivity index (χ4v) is 5.81. The zero-order chi connectivity index (χ0) is 21.7. The molecule has 0 aliphatic carbocycles. The number of benzene rings is 3. The molecule has 6 heteroatoms. The van der Waals surface area contributed by atoms with Gasteiger partial charge in [0.15, 0.2) is 0 Å². The van der Waals surface area contributed by atoms with Gasteiger partial charge in [-0.15, -0.1) is 0 Å². The molecular weight excluding hydrogens is 408 g/mol. The Kier molecular flexibility index (Phi) is 6.68. The standard InChI is InChI=1S/C25H28N2O3S/c28-25(26-17-7-12-21-11-6-10-20-9-4-5-16-24(20)21)22-13-8-18-27(19-22)31(29,30)23-14-2-1-3-15-23/h1-6,9-11,14-16,22H,7-8,12-13,17-19H2,(H,26,28). The van der Waals surface area contributed by atoms with Gasteiger partial charge in [-0.05, 0) is 54.2 Å². The van der Waals surface area contributed by atoms with E-state index in [0.29, 0.717) is 19.5 Å². The highest BCUT2D eigenvalue weighted by Gasteiger charge is 2.33. The minimum absolute atomic E-state index is 0.0501. The normalized spacial score (nSPS) is 17.5. The molecule has 3 aromatic rings. The lowest BCUT2D eigenvalue weighted by atomic mass is 9.98. The Balaban J connectivity index is 1.30. The molecule has 0 bridgehead atoms. The van der Waals surface area contributed by atoms with Crippen molar-refractivity contribution < 1.29 is 13.2 Å². The molecular formula is C25H28N2O3S. The molecule has 1 heterocycles. The SMILES string of the molecule is O=C(NCCCc1cccc2ccccc12)C1CCCN(S(=O)(=O)c2ccccc2)C1. The molecule has 5 nitrogen and oxygen atoms in total. The summed E-state index contributed by atoms with van der Waals surface area (Å²) >= 11 is 0. The van der Waals surface area contributed by atoms with E-state index in [1.807, 2.05) is 12.1 Å². The summed E-state index contributed by atoms with van der Waals surface area (Å²) in [6.07, 6.45) is 3.15. The first kappa shape index (κ1) is 21.5. The summed E-state index contributed by atoms with van der Waals surface area (Å²) in [4.78, 5) is 13.0. The Morgan fingerprint density at radius 1 is 0.968 bits per heavy atom. The van der Waals surface area contributed by atoms with Crippen LogP contribution in [0.15, 0.2) is 77.7 Å². The highest BCUT2D eigenvalue weighted by atomic mass is 32.2. The topological polar surface area (TPSA) is 66.5 Å². The van der Waals surface area contributed by atoms with Crippen molar-refractivity contribution in [1.29, 1.82) is 0 Å². The highest BCUT2D eigenvalue weighted by molar-refractivity contribution is 7.89. The van der Waals surface area contributed by atoms with Crippen molar-refractivity contribution in [3.05, 3.63) is 78.4 Å². The van der Waals surface area contributed by atoms with Crippen LogP contribution in [0.4, 0.5) is 0 Å². The lowest BCUT2D eigenvalue weighted by molar-refractivity contribution is -0.126. The molecule has 1 N–H and O–H groups in total. The number of sulfonamides is 1. The van der Waals surface area contributed by atoms with Crippen LogP contribution in [-0.4, -0.2) is 38.3 Å². The van der Waals surface area contributed by atoms with Crippen LogP contribution in [0.5, 0.6) is 0 Å². The van der Waals surface area contributed by atoms with Gasteiger partial charge in [-0.25, -0.2) is 8.42 Å². The van der Waals surface area contributed by atoms with Crippen molar-refractivity contribution in [2.75, 3.05) is 19.6 Å². The van der Waals surface area contributed by atoms with Crippen LogP contribution < -0.4 is 5.32 Å². The summed E-state index contributed by atoms with van der Waals surface area (Å²) in [6.45, 7) is 1.29. The van der Waals surface area contributed by atoms with Gasteiger partial charge in [0.25, 0.3) is 0 Å². The predicted octanol–water partition coefficient (Wildman–Crippen LogP) is 3.99. The van der Waals surface area contributed by atoms with Crippen molar-refractivity contribution >= 4 is 26.7 Å². The lowest BCUT2D eigenvalue weighted by Crippen LogP contribution is -2.45. The molecule has 4 rings (SSSR count). The van der Waals surface area contributed by atoms with Crippen LogP contribution in [0, 0.1) is 5.92 Å². The van der Waals surface area contributed by atoms with Crippen molar-refractivity contribution in [2.24, 2.45) is 5.92 Å².